The van der Waals surface area contributed by atoms with E-state index < -0.39 is 0 Å². The molecule has 0 radical (unpaired) electrons. The standard InChI is InChI=1S/C13H18N4/c1-9-3-2-4-17(9)8-11-6-12-13(16-11)5-10(14)7-15-12/h5-7,9,16H,2-4,8,14H2,1H3/t9-/m0/s1. The Morgan fingerprint density at radius 3 is 3.18 bits per heavy atom. The molecule has 0 aromatic carbocycles. The number of nitrogens with zero attached hydrogens (tertiary/aromatic N) is 2. The van der Waals surface area contributed by atoms with E-state index >= 15 is 0 Å². The number of nitrogen functional groups attached to an aromatic ring is 1. The Morgan fingerprint density at radius 1 is 1.53 bits per heavy atom. The van der Waals surface area contributed by atoms with Crippen LogP contribution in [-0.2, 0) is 6.54 Å². The van der Waals surface area contributed by atoms with Crippen molar-refractivity contribution in [2.24, 2.45) is 0 Å². The van der Waals surface area contributed by atoms with E-state index in [0.29, 0.717) is 11.7 Å². The monoisotopic (exact) mass is 230 g/mol. The van der Waals surface area contributed by atoms with Crippen molar-refractivity contribution in [3.8, 4) is 0 Å². The van der Waals surface area contributed by atoms with Crippen molar-refractivity contribution in [1.29, 1.82) is 0 Å². The second-order valence-corrected chi connectivity index (χ2v) is 4.96. The lowest BCUT2D eigenvalue weighted by atomic mass is 10.2. The fraction of sp³-hybridized carbons (Fsp3) is 0.462. The van der Waals surface area contributed by atoms with Crippen molar-refractivity contribution < 1.29 is 0 Å². The average Bonchev–Trinajstić information content (AvgIpc) is 2.85. The van der Waals surface area contributed by atoms with E-state index in [4.69, 9.17) is 5.73 Å². The molecule has 2 aromatic rings. The van der Waals surface area contributed by atoms with Gasteiger partial charge in [0.25, 0.3) is 0 Å². The van der Waals surface area contributed by atoms with Crippen molar-refractivity contribution in [1.82, 2.24) is 14.9 Å². The zero-order valence-corrected chi connectivity index (χ0v) is 10.1. The summed E-state index contributed by atoms with van der Waals surface area (Å²) >= 11 is 0. The van der Waals surface area contributed by atoms with Gasteiger partial charge in [-0.3, -0.25) is 9.88 Å². The first-order valence-corrected chi connectivity index (χ1v) is 6.19. The fourth-order valence-corrected chi connectivity index (χ4v) is 2.61. The predicted molar refractivity (Wildman–Crippen MR) is 69.6 cm³/mol. The number of aromatic amines is 1. The summed E-state index contributed by atoms with van der Waals surface area (Å²) < 4.78 is 0. The van der Waals surface area contributed by atoms with Gasteiger partial charge in [-0.1, -0.05) is 0 Å². The van der Waals surface area contributed by atoms with Crippen molar-refractivity contribution in [2.75, 3.05) is 12.3 Å². The zero-order chi connectivity index (χ0) is 11.8. The van der Waals surface area contributed by atoms with Gasteiger partial charge in [0.1, 0.15) is 0 Å². The van der Waals surface area contributed by atoms with Crippen LogP contribution in [0.15, 0.2) is 18.3 Å². The minimum atomic E-state index is 0.694. The number of H-pyrrole nitrogens is 1. The number of hydrogen-bond donors (Lipinski definition) is 2. The molecule has 17 heavy (non-hydrogen) atoms. The summed E-state index contributed by atoms with van der Waals surface area (Å²) in [6.45, 7) is 4.48. The number of rotatable bonds is 2. The van der Waals surface area contributed by atoms with Gasteiger partial charge in [0.2, 0.25) is 0 Å². The van der Waals surface area contributed by atoms with Gasteiger partial charge in [-0.2, -0.15) is 0 Å². The van der Waals surface area contributed by atoms with E-state index in [1.807, 2.05) is 6.07 Å². The Morgan fingerprint density at radius 2 is 2.41 bits per heavy atom. The normalized spacial score (nSPS) is 21.4. The van der Waals surface area contributed by atoms with Crippen molar-refractivity contribution in [3.63, 3.8) is 0 Å². The molecule has 0 bridgehead atoms. The SMILES string of the molecule is C[C@H]1CCCN1Cc1cc2ncc(N)cc2[nH]1. The summed E-state index contributed by atoms with van der Waals surface area (Å²) in [7, 11) is 0. The highest BCUT2D eigenvalue weighted by Crippen LogP contribution is 2.21. The number of aromatic nitrogens is 2. The summed E-state index contributed by atoms with van der Waals surface area (Å²) in [5.74, 6) is 0. The van der Waals surface area contributed by atoms with Crippen molar-refractivity contribution in [2.45, 2.75) is 32.4 Å². The second-order valence-electron chi connectivity index (χ2n) is 4.96. The van der Waals surface area contributed by atoms with Crippen LogP contribution in [0.4, 0.5) is 5.69 Å². The molecular weight excluding hydrogens is 212 g/mol. The molecule has 3 N–H and O–H groups in total. The minimum Gasteiger partial charge on any atom is -0.397 e. The molecule has 2 aromatic heterocycles. The third-order valence-electron chi connectivity index (χ3n) is 3.61. The Bertz CT molecular complexity index is 531. The molecule has 0 amide bonds. The lowest BCUT2D eigenvalue weighted by molar-refractivity contribution is 0.258. The van der Waals surface area contributed by atoms with E-state index in [1.165, 1.54) is 25.1 Å². The van der Waals surface area contributed by atoms with Crippen LogP contribution >= 0.6 is 0 Å². The molecule has 1 aliphatic rings. The Balaban J connectivity index is 1.85. The molecule has 1 aliphatic heterocycles. The Hall–Kier alpha value is -1.55. The molecule has 3 rings (SSSR count). The van der Waals surface area contributed by atoms with E-state index in [0.717, 1.165) is 17.6 Å². The molecule has 1 saturated heterocycles. The second kappa shape index (κ2) is 4.04. The molecule has 4 nitrogen and oxygen atoms in total. The molecule has 0 unspecified atom stereocenters. The smallest absolute Gasteiger partial charge is 0.0883 e. The third kappa shape index (κ3) is 2.00. The number of nitrogens with two attached hydrogens (primary N) is 1. The molecule has 0 spiro atoms. The average molecular weight is 230 g/mol. The van der Waals surface area contributed by atoms with Gasteiger partial charge in [-0.25, -0.2) is 0 Å². The summed E-state index contributed by atoms with van der Waals surface area (Å²) in [4.78, 5) is 10.2. The highest BCUT2D eigenvalue weighted by atomic mass is 15.2. The summed E-state index contributed by atoms with van der Waals surface area (Å²) in [5.41, 5.74) is 9.70. The van der Waals surface area contributed by atoms with Gasteiger partial charge in [0, 0.05) is 18.3 Å². The maximum Gasteiger partial charge on any atom is 0.0883 e. The van der Waals surface area contributed by atoms with Gasteiger partial charge in [-0.05, 0) is 38.4 Å². The van der Waals surface area contributed by atoms with Gasteiger partial charge in [0.15, 0.2) is 0 Å². The van der Waals surface area contributed by atoms with Crippen LogP contribution in [0, 0.1) is 0 Å². The third-order valence-corrected chi connectivity index (χ3v) is 3.61. The fourth-order valence-electron chi connectivity index (χ4n) is 2.61. The molecule has 90 valence electrons. The van der Waals surface area contributed by atoms with Crippen LogP contribution in [0.2, 0.25) is 0 Å². The Kier molecular flexibility index (Phi) is 2.52. The van der Waals surface area contributed by atoms with Crippen LogP contribution in [0.5, 0.6) is 0 Å². The number of fused-ring (bicyclic) bond motifs is 1. The molecule has 1 fully saturated rings. The van der Waals surface area contributed by atoms with Gasteiger partial charge in [0.05, 0.1) is 22.9 Å². The molecule has 1 atom stereocenters. The number of pyridine rings is 1. The first-order chi connectivity index (χ1) is 8.22. The number of anilines is 1. The molecule has 0 aliphatic carbocycles. The van der Waals surface area contributed by atoms with Gasteiger partial charge in [-0.15, -0.1) is 0 Å². The van der Waals surface area contributed by atoms with E-state index in [-0.39, 0.29) is 0 Å². The summed E-state index contributed by atoms with van der Waals surface area (Å²) in [6.07, 6.45) is 4.33. The van der Waals surface area contributed by atoms with Crippen LogP contribution in [0.1, 0.15) is 25.5 Å². The largest absolute Gasteiger partial charge is 0.397 e. The maximum atomic E-state index is 5.73. The van der Waals surface area contributed by atoms with E-state index in [9.17, 15) is 0 Å². The topological polar surface area (TPSA) is 57.9 Å². The summed E-state index contributed by atoms with van der Waals surface area (Å²) in [5, 5.41) is 0. The summed E-state index contributed by atoms with van der Waals surface area (Å²) in [6, 6.07) is 4.76. The first kappa shape index (κ1) is 10.6. The number of nitrogens with one attached hydrogen (secondary N) is 1. The molecule has 0 saturated carbocycles. The van der Waals surface area contributed by atoms with E-state index in [2.05, 4.69) is 27.9 Å². The van der Waals surface area contributed by atoms with Crippen LogP contribution in [0.3, 0.4) is 0 Å². The van der Waals surface area contributed by atoms with Crippen LogP contribution in [-0.4, -0.2) is 27.5 Å². The lowest BCUT2D eigenvalue weighted by Gasteiger charge is -2.19. The minimum absolute atomic E-state index is 0.694. The highest BCUT2D eigenvalue weighted by Gasteiger charge is 2.20. The van der Waals surface area contributed by atoms with Crippen LogP contribution in [0.25, 0.3) is 11.0 Å². The molecule has 4 heteroatoms. The Labute approximate surface area is 101 Å². The zero-order valence-electron chi connectivity index (χ0n) is 10.1. The lowest BCUT2D eigenvalue weighted by Crippen LogP contribution is -2.26. The molecular formula is C13H18N4. The number of hydrogen-bond acceptors (Lipinski definition) is 3. The molecule has 3 heterocycles. The van der Waals surface area contributed by atoms with Crippen molar-refractivity contribution >= 4 is 16.7 Å². The first-order valence-electron chi connectivity index (χ1n) is 6.19. The van der Waals surface area contributed by atoms with Crippen LogP contribution < -0.4 is 5.73 Å². The maximum absolute atomic E-state index is 5.73. The number of likely N-dealkylation sites (tertiary alicyclic amines) is 1. The van der Waals surface area contributed by atoms with E-state index in [1.54, 1.807) is 6.20 Å². The van der Waals surface area contributed by atoms with Crippen molar-refractivity contribution in [3.05, 3.63) is 24.0 Å². The van der Waals surface area contributed by atoms with Gasteiger partial charge >= 0.3 is 0 Å². The highest BCUT2D eigenvalue weighted by molar-refractivity contribution is 5.78. The quantitative estimate of drug-likeness (QED) is 0.831. The van der Waals surface area contributed by atoms with Gasteiger partial charge < -0.3 is 10.7 Å². The predicted octanol–water partition coefficient (Wildman–Crippen LogP) is 2.13.